The van der Waals surface area contributed by atoms with Gasteiger partial charge in [-0.25, -0.2) is 9.78 Å². The van der Waals surface area contributed by atoms with Gasteiger partial charge < -0.3 is 14.4 Å². The number of ether oxygens (including phenoxy) is 2. The summed E-state index contributed by atoms with van der Waals surface area (Å²) in [6, 6.07) is 14.4. The minimum Gasteiger partial charge on any atom is -0.466 e. The Morgan fingerprint density at radius 3 is 2.78 bits per heavy atom. The highest BCUT2D eigenvalue weighted by Crippen LogP contribution is 2.24. The first-order valence-corrected chi connectivity index (χ1v) is 8.91. The van der Waals surface area contributed by atoms with E-state index in [1.165, 1.54) is 18.9 Å². The summed E-state index contributed by atoms with van der Waals surface area (Å²) in [6.45, 7) is 3.34. The fourth-order valence-corrected chi connectivity index (χ4v) is 3.23. The van der Waals surface area contributed by atoms with E-state index in [0.29, 0.717) is 0 Å². The first-order valence-electron chi connectivity index (χ1n) is 8.91. The molecule has 0 unspecified atom stereocenters. The van der Waals surface area contributed by atoms with Crippen LogP contribution in [0.4, 0.5) is 5.69 Å². The molecular weight excluding hydrogens is 342 g/mol. The third-order valence-corrected chi connectivity index (χ3v) is 4.67. The molecular formula is C21H21N3O3. The van der Waals surface area contributed by atoms with Crippen LogP contribution >= 0.6 is 0 Å². The zero-order valence-electron chi connectivity index (χ0n) is 15.2. The maximum absolute atomic E-state index is 11.3. The zero-order chi connectivity index (χ0) is 18.6. The molecule has 1 saturated heterocycles. The standard InChI is InChI=1S/C21H21N3O3/c1-26-21(25)8-6-16-5-7-20-19(13-16)22-15-24(20)18-4-2-3-17(14-18)23-9-11-27-12-10-23/h2-8,13-15H,9-12H2,1H3/b8-6+. The van der Waals surface area contributed by atoms with E-state index in [4.69, 9.17) is 4.74 Å². The molecule has 1 aliphatic heterocycles. The Morgan fingerprint density at radius 2 is 1.96 bits per heavy atom. The maximum atomic E-state index is 11.3. The van der Waals surface area contributed by atoms with Gasteiger partial charge in [0.15, 0.2) is 0 Å². The number of aromatic nitrogens is 2. The highest BCUT2D eigenvalue weighted by molar-refractivity contribution is 5.88. The lowest BCUT2D eigenvalue weighted by atomic mass is 10.2. The van der Waals surface area contributed by atoms with E-state index in [2.05, 4.69) is 43.5 Å². The number of fused-ring (bicyclic) bond motifs is 1. The van der Waals surface area contributed by atoms with Crippen molar-refractivity contribution >= 4 is 28.8 Å². The second-order valence-electron chi connectivity index (χ2n) is 6.34. The van der Waals surface area contributed by atoms with Crippen LogP contribution < -0.4 is 4.90 Å². The topological polar surface area (TPSA) is 56.6 Å². The van der Waals surface area contributed by atoms with Crippen molar-refractivity contribution in [2.45, 2.75) is 0 Å². The SMILES string of the molecule is COC(=O)/C=C/c1ccc2c(c1)ncn2-c1cccc(N2CCOCC2)c1. The van der Waals surface area contributed by atoms with Gasteiger partial charge in [0.25, 0.3) is 0 Å². The lowest BCUT2D eigenvalue weighted by molar-refractivity contribution is -0.134. The summed E-state index contributed by atoms with van der Waals surface area (Å²) in [5.74, 6) is -0.374. The number of carbonyl (C=O) groups excluding carboxylic acids is 1. The van der Waals surface area contributed by atoms with Crippen LogP contribution in [-0.4, -0.2) is 48.9 Å². The molecule has 0 N–H and O–H groups in total. The molecule has 27 heavy (non-hydrogen) atoms. The van der Waals surface area contributed by atoms with Gasteiger partial charge in [-0.2, -0.15) is 0 Å². The molecule has 6 heteroatoms. The van der Waals surface area contributed by atoms with E-state index >= 15 is 0 Å². The first kappa shape index (κ1) is 17.3. The van der Waals surface area contributed by atoms with Crippen LogP contribution in [0.25, 0.3) is 22.8 Å². The predicted octanol–water partition coefficient (Wildman–Crippen LogP) is 3.05. The molecule has 0 atom stereocenters. The number of morpholine rings is 1. The van der Waals surface area contributed by atoms with Gasteiger partial charge in [-0.15, -0.1) is 0 Å². The molecule has 0 bridgehead atoms. The number of rotatable bonds is 4. The van der Waals surface area contributed by atoms with Gasteiger partial charge >= 0.3 is 5.97 Å². The van der Waals surface area contributed by atoms with Crippen LogP contribution in [-0.2, 0) is 14.3 Å². The second kappa shape index (κ2) is 7.63. The summed E-state index contributed by atoms with van der Waals surface area (Å²) >= 11 is 0. The largest absolute Gasteiger partial charge is 0.466 e. The number of nitrogens with zero attached hydrogens (tertiary/aromatic N) is 3. The fraction of sp³-hybridized carbons (Fsp3) is 0.238. The van der Waals surface area contributed by atoms with Crippen molar-refractivity contribution < 1.29 is 14.3 Å². The van der Waals surface area contributed by atoms with Crippen molar-refractivity contribution in [3.8, 4) is 5.69 Å². The van der Waals surface area contributed by atoms with E-state index in [9.17, 15) is 4.79 Å². The van der Waals surface area contributed by atoms with Gasteiger partial charge in [0, 0.05) is 30.5 Å². The molecule has 0 spiro atoms. The van der Waals surface area contributed by atoms with E-state index in [0.717, 1.165) is 48.6 Å². The minimum absolute atomic E-state index is 0.374. The van der Waals surface area contributed by atoms with Crippen molar-refractivity contribution in [3.05, 3.63) is 60.4 Å². The van der Waals surface area contributed by atoms with Gasteiger partial charge in [-0.3, -0.25) is 4.57 Å². The van der Waals surface area contributed by atoms with Crippen LogP contribution in [0.3, 0.4) is 0 Å². The number of hydrogen-bond acceptors (Lipinski definition) is 5. The number of methoxy groups -OCH3 is 1. The number of hydrogen-bond donors (Lipinski definition) is 0. The number of esters is 1. The van der Waals surface area contributed by atoms with Crippen molar-refractivity contribution in [2.24, 2.45) is 0 Å². The van der Waals surface area contributed by atoms with Crippen LogP contribution in [0.5, 0.6) is 0 Å². The molecule has 0 amide bonds. The molecule has 1 aliphatic rings. The summed E-state index contributed by atoms with van der Waals surface area (Å²) in [4.78, 5) is 18.1. The van der Waals surface area contributed by atoms with E-state index in [1.807, 2.05) is 24.5 Å². The molecule has 2 heterocycles. The molecule has 0 radical (unpaired) electrons. The average Bonchev–Trinajstić information content (AvgIpc) is 3.16. The van der Waals surface area contributed by atoms with Crippen molar-refractivity contribution in [1.82, 2.24) is 9.55 Å². The molecule has 4 rings (SSSR count). The van der Waals surface area contributed by atoms with Crippen LogP contribution in [0.2, 0.25) is 0 Å². The number of anilines is 1. The highest BCUT2D eigenvalue weighted by Gasteiger charge is 2.12. The van der Waals surface area contributed by atoms with E-state index < -0.39 is 0 Å². The maximum Gasteiger partial charge on any atom is 0.330 e. The monoisotopic (exact) mass is 363 g/mol. The Kier molecular flexibility index (Phi) is 4.89. The van der Waals surface area contributed by atoms with Crippen LogP contribution in [0.1, 0.15) is 5.56 Å². The molecule has 1 aromatic heterocycles. The van der Waals surface area contributed by atoms with Gasteiger partial charge in [0.1, 0.15) is 6.33 Å². The van der Waals surface area contributed by atoms with Crippen molar-refractivity contribution in [2.75, 3.05) is 38.3 Å². The summed E-state index contributed by atoms with van der Waals surface area (Å²) in [5.41, 5.74) is 5.05. The Labute approximate surface area is 157 Å². The molecule has 6 nitrogen and oxygen atoms in total. The highest BCUT2D eigenvalue weighted by atomic mass is 16.5. The van der Waals surface area contributed by atoms with Gasteiger partial charge in [0.2, 0.25) is 0 Å². The quantitative estimate of drug-likeness (QED) is 0.527. The smallest absolute Gasteiger partial charge is 0.330 e. The Balaban J connectivity index is 1.64. The number of benzene rings is 2. The predicted molar refractivity (Wildman–Crippen MR) is 105 cm³/mol. The summed E-state index contributed by atoms with van der Waals surface area (Å²) in [6.07, 6.45) is 4.96. The molecule has 0 aliphatic carbocycles. The van der Waals surface area contributed by atoms with Gasteiger partial charge in [0.05, 0.1) is 31.4 Å². The number of imidazole rings is 1. The van der Waals surface area contributed by atoms with E-state index in [-0.39, 0.29) is 5.97 Å². The molecule has 1 fully saturated rings. The Hall–Kier alpha value is -3.12. The van der Waals surface area contributed by atoms with Gasteiger partial charge in [-0.05, 0) is 42.0 Å². The third kappa shape index (κ3) is 3.71. The molecule has 138 valence electrons. The number of carbonyl (C=O) groups is 1. The summed E-state index contributed by atoms with van der Waals surface area (Å²) in [7, 11) is 1.36. The lowest BCUT2D eigenvalue weighted by Crippen LogP contribution is -2.36. The van der Waals surface area contributed by atoms with Gasteiger partial charge in [-0.1, -0.05) is 12.1 Å². The van der Waals surface area contributed by atoms with E-state index in [1.54, 1.807) is 6.08 Å². The average molecular weight is 363 g/mol. The Morgan fingerprint density at radius 1 is 1.15 bits per heavy atom. The zero-order valence-corrected chi connectivity index (χ0v) is 15.2. The van der Waals surface area contributed by atoms with Crippen LogP contribution in [0.15, 0.2) is 54.9 Å². The third-order valence-electron chi connectivity index (χ3n) is 4.67. The van der Waals surface area contributed by atoms with Crippen LogP contribution in [0, 0.1) is 0 Å². The first-order chi connectivity index (χ1) is 13.2. The lowest BCUT2D eigenvalue weighted by Gasteiger charge is -2.29. The summed E-state index contributed by atoms with van der Waals surface area (Å²) in [5, 5.41) is 0. The minimum atomic E-state index is -0.374. The molecule has 0 saturated carbocycles. The second-order valence-corrected chi connectivity index (χ2v) is 6.34. The molecule has 2 aromatic carbocycles. The normalized spacial score (nSPS) is 14.8. The summed E-state index contributed by atoms with van der Waals surface area (Å²) < 4.78 is 12.1. The van der Waals surface area contributed by atoms with Crippen molar-refractivity contribution in [3.63, 3.8) is 0 Å². The fourth-order valence-electron chi connectivity index (χ4n) is 3.23. The molecule has 3 aromatic rings. The Bertz CT molecular complexity index is 987. The van der Waals surface area contributed by atoms with Crippen molar-refractivity contribution in [1.29, 1.82) is 0 Å².